The van der Waals surface area contributed by atoms with Crippen molar-refractivity contribution in [1.82, 2.24) is 5.01 Å². The van der Waals surface area contributed by atoms with E-state index in [9.17, 15) is 4.79 Å². The summed E-state index contributed by atoms with van der Waals surface area (Å²) in [6, 6.07) is 1.63. The van der Waals surface area contributed by atoms with Crippen LogP contribution in [0.1, 0.15) is 14.5 Å². The number of esters is 1. The molecule has 0 atom stereocenters. The molecule has 8 heteroatoms. The van der Waals surface area contributed by atoms with Gasteiger partial charge in [0.15, 0.2) is 0 Å². The Hall–Kier alpha value is -0.110. The molecule has 0 fully saturated rings. The highest BCUT2D eigenvalue weighted by molar-refractivity contribution is 7.97. The normalized spacial score (nSPS) is 11.8. The minimum Gasteiger partial charge on any atom is -0.465 e. The Labute approximate surface area is 130 Å². The van der Waals surface area contributed by atoms with E-state index in [4.69, 9.17) is 29.0 Å². The Balaban J connectivity index is 2.53. The van der Waals surface area contributed by atoms with E-state index in [1.54, 1.807) is 11.1 Å². The molecule has 0 aliphatic heterocycles. The van der Waals surface area contributed by atoms with Gasteiger partial charge in [-0.15, -0.1) is 22.9 Å². The van der Waals surface area contributed by atoms with Crippen molar-refractivity contribution >= 4 is 57.4 Å². The number of nitrogens with zero attached hydrogens (tertiary/aromatic N) is 1. The Kier molecular flexibility index (Phi) is 7.97. The summed E-state index contributed by atoms with van der Waals surface area (Å²) in [5.41, 5.74) is 1.88. The lowest BCUT2D eigenvalue weighted by Crippen LogP contribution is -2.30. The van der Waals surface area contributed by atoms with Gasteiger partial charge >= 0.3 is 5.97 Å². The molecule has 0 bridgehead atoms. The van der Waals surface area contributed by atoms with Gasteiger partial charge in [-0.25, -0.2) is 9.80 Å². The highest BCUT2D eigenvalue weighted by Crippen LogP contribution is 2.27. The van der Waals surface area contributed by atoms with Gasteiger partial charge in [-0.2, -0.15) is 11.4 Å². The van der Waals surface area contributed by atoms with Crippen LogP contribution in [-0.4, -0.2) is 41.8 Å². The lowest BCUT2D eigenvalue weighted by molar-refractivity contribution is 0.0606. The van der Waals surface area contributed by atoms with E-state index in [0.717, 1.165) is 22.0 Å². The van der Waals surface area contributed by atoms with Crippen molar-refractivity contribution in [2.24, 2.45) is 5.84 Å². The van der Waals surface area contributed by atoms with Gasteiger partial charge in [0.2, 0.25) is 0 Å². The fraction of sp³-hybridized carbons (Fsp3) is 0.455. The second-order valence-corrected chi connectivity index (χ2v) is 6.54. The molecule has 4 nitrogen and oxygen atoms in total. The summed E-state index contributed by atoms with van der Waals surface area (Å²) < 4.78 is 4.65. The second kappa shape index (κ2) is 8.94. The highest BCUT2D eigenvalue weighted by Gasteiger charge is 2.13. The third-order valence-electron chi connectivity index (χ3n) is 2.18. The molecule has 0 saturated heterocycles. The topological polar surface area (TPSA) is 55.6 Å². The molecule has 0 aliphatic rings. The maximum Gasteiger partial charge on any atom is 0.348 e. The number of thiol groups is 1. The van der Waals surface area contributed by atoms with Crippen molar-refractivity contribution in [3.63, 3.8) is 0 Å². The number of rotatable bonds is 7. The van der Waals surface area contributed by atoms with Gasteiger partial charge in [-0.1, -0.05) is 11.6 Å². The van der Waals surface area contributed by atoms with E-state index in [-0.39, 0.29) is 5.97 Å². The van der Waals surface area contributed by atoms with E-state index in [1.165, 1.54) is 18.4 Å². The van der Waals surface area contributed by atoms with Crippen molar-refractivity contribution in [1.29, 1.82) is 0 Å². The largest absolute Gasteiger partial charge is 0.465 e. The van der Waals surface area contributed by atoms with E-state index < -0.39 is 0 Å². The third kappa shape index (κ3) is 5.81. The molecule has 1 rings (SSSR count). The molecule has 0 unspecified atom stereocenters. The molecule has 1 aromatic heterocycles. The van der Waals surface area contributed by atoms with Crippen LogP contribution < -0.4 is 5.84 Å². The predicted molar refractivity (Wildman–Crippen MR) is 85.9 cm³/mol. The molecular weight excluding hydrogens is 327 g/mol. The smallest absolute Gasteiger partial charge is 0.348 e. The van der Waals surface area contributed by atoms with Gasteiger partial charge in [-0.05, 0) is 12.5 Å². The minimum absolute atomic E-state index is 0.366. The number of nitrogens with two attached hydrogens (primary N) is 1. The number of thiophene rings is 1. The first-order valence-electron chi connectivity index (χ1n) is 5.52. The van der Waals surface area contributed by atoms with Gasteiger partial charge in [0.1, 0.15) is 4.88 Å². The number of hydrogen-bond acceptors (Lipinski definition) is 4. The van der Waals surface area contributed by atoms with Gasteiger partial charge in [0.05, 0.1) is 12.1 Å². The number of ether oxygens (including phenoxy) is 1. The molecule has 0 saturated carbocycles. The molecule has 1 heterocycles. The zero-order valence-electron chi connectivity index (χ0n) is 10.4. The van der Waals surface area contributed by atoms with Crippen LogP contribution in [0.5, 0.6) is 0 Å². The van der Waals surface area contributed by atoms with Crippen LogP contribution >= 0.6 is 45.9 Å². The summed E-state index contributed by atoms with van der Waals surface area (Å²) in [6.07, 6.45) is 0.684. The summed E-state index contributed by atoms with van der Waals surface area (Å²) in [5.74, 6) is 6.93. The molecule has 1 aromatic rings. The molecule has 108 valence electrons. The summed E-state index contributed by atoms with van der Waals surface area (Å²) in [6.45, 7) is 0.635. The fourth-order valence-electron chi connectivity index (χ4n) is 1.28. The quantitative estimate of drug-likeness (QED) is 0.199. The average Bonchev–Trinajstić information content (AvgIpc) is 2.77. The van der Waals surface area contributed by atoms with E-state index in [0.29, 0.717) is 28.7 Å². The first kappa shape index (κ1) is 16.9. The maximum absolute atomic E-state index is 11.4. The van der Waals surface area contributed by atoms with Crippen molar-refractivity contribution < 1.29 is 9.53 Å². The van der Waals surface area contributed by atoms with Gasteiger partial charge in [-0.3, -0.25) is 5.84 Å². The van der Waals surface area contributed by atoms with Crippen LogP contribution in [-0.2, 0) is 11.2 Å². The lowest BCUT2D eigenvalue weighted by atomic mass is 10.3. The van der Waals surface area contributed by atoms with Crippen molar-refractivity contribution in [2.75, 3.05) is 25.3 Å². The number of carbonyl (C=O) groups is 1. The standard InChI is InChI=1S/C11H16Cl2N2O2S2/c1-17-11(16)10-6-8(13)9(19-10)2-4-15(14)7-18-5-3-12/h6-7,18H,2-5,14H2,1H3. The first-order chi connectivity index (χ1) is 9.08. The summed E-state index contributed by atoms with van der Waals surface area (Å²) in [7, 11) is 1.35. The number of halogens is 2. The highest BCUT2D eigenvalue weighted by atomic mass is 35.5. The molecular formula is C11H16Cl2N2O2S2. The van der Waals surface area contributed by atoms with Crippen LogP contribution in [0.25, 0.3) is 0 Å². The maximum atomic E-state index is 11.4. The van der Waals surface area contributed by atoms with E-state index in [1.807, 2.05) is 5.49 Å². The number of alkyl halides is 1. The van der Waals surface area contributed by atoms with Crippen molar-refractivity contribution in [2.45, 2.75) is 6.42 Å². The molecule has 0 spiro atoms. The van der Waals surface area contributed by atoms with Crippen LogP contribution in [0.15, 0.2) is 6.07 Å². The monoisotopic (exact) mass is 342 g/mol. The third-order valence-corrected chi connectivity index (χ3v) is 5.20. The summed E-state index contributed by atoms with van der Waals surface area (Å²) in [5, 5.41) is 2.19. The number of hydrogen-bond donors (Lipinski definition) is 2. The SMILES string of the molecule is COC(=O)c1cc(Cl)c(CCN(N)C=[SH]CCCl)s1. The second-order valence-electron chi connectivity index (χ2n) is 3.57. The van der Waals surface area contributed by atoms with Crippen LogP contribution in [0.4, 0.5) is 0 Å². The molecule has 0 radical (unpaired) electrons. The van der Waals surface area contributed by atoms with Crippen LogP contribution in [0.2, 0.25) is 5.02 Å². The Morgan fingerprint density at radius 1 is 1.68 bits per heavy atom. The van der Waals surface area contributed by atoms with Gasteiger partial charge in [0, 0.05) is 28.5 Å². The van der Waals surface area contributed by atoms with Gasteiger partial charge in [0.25, 0.3) is 0 Å². The van der Waals surface area contributed by atoms with Crippen LogP contribution in [0, 0.1) is 0 Å². The molecule has 0 aliphatic carbocycles. The van der Waals surface area contributed by atoms with E-state index in [2.05, 4.69) is 4.74 Å². The number of methoxy groups -OCH3 is 1. The Morgan fingerprint density at radius 2 is 2.42 bits per heavy atom. The zero-order chi connectivity index (χ0) is 14.3. The summed E-state index contributed by atoms with van der Waals surface area (Å²) >= 11 is 14.1. The fourth-order valence-corrected chi connectivity index (χ4v) is 3.45. The van der Waals surface area contributed by atoms with Crippen molar-refractivity contribution in [3.05, 3.63) is 20.8 Å². The molecule has 19 heavy (non-hydrogen) atoms. The zero-order valence-corrected chi connectivity index (χ0v) is 13.7. The molecule has 2 N–H and O–H groups in total. The van der Waals surface area contributed by atoms with Gasteiger partial charge < -0.3 is 4.74 Å². The van der Waals surface area contributed by atoms with Crippen LogP contribution in [0.3, 0.4) is 0 Å². The lowest BCUT2D eigenvalue weighted by Gasteiger charge is -2.09. The summed E-state index contributed by atoms with van der Waals surface area (Å²) in [4.78, 5) is 12.8. The molecule has 0 aromatic carbocycles. The average molecular weight is 343 g/mol. The minimum atomic E-state index is -0.366. The van der Waals surface area contributed by atoms with E-state index >= 15 is 0 Å². The van der Waals surface area contributed by atoms with Crippen molar-refractivity contribution in [3.8, 4) is 0 Å². The predicted octanol–water partition coefficient (Wildman–Crippen LogP) is 2.37. The number of carbonyl (C=O) groups excluding carboxylic acids is 1. The molecule has 0 amide bonds. The Morgan fingerprint density at radius 3 is 3.05 bits per heavy atom. The Bertz CT molecular complexity index is 452. The number of hydrazine groups is 1. The first-order valence-corrected chi connectivity index (χ1v) is 8.40.